The van der Waals surface area contributed by atoms with Gasteiger partial charge in [-0.3, -0.25) is 0 Å². The van der Waals surface area contributed by atoms with Crippen LogP contribution in [0.4, 0.5) is 0 Å². The fourth-order valence-corrected chi connectivity index (χ4v) is 2.96. The van der Waals surface area contributed by atoms with Crippen LogP contribution >= 0.6 is 15.9 Å². The number of ether oxygens (including phenoxy) is 1. The second kappa shape index (κ2) is 3.84. The van der Waals surface area contributed by atoms with Crippen LogP contribution in [0.5, 0.6) is 0 Å². The van der Waals surface area contributed by atoms with E-state index < -0.39 is 0 Å². The van der Waals surface area contributed by atoms with Crippen molar-refractivity contribution in [2.45, 2.75) is 12.6 Å². The van der Waals surface area contributed by atoms with Crippen molar-refractivity contribution in [3.63, 3.8) is 0 Å². The van der Waals surface area contributed by atoms with Crippen molar-refractivity contribution in [1.29, 1.82) is 0 Å². The topological polar surface area (TPSA) is 17.5 Å². The quantitative estimate of drug-likeness (QED) is 0.655. The molecular weight excluding hydrogens is 290 g/mol. The summed E-state index contributed by atoms with van der Waals surface area (Å²) < 4.78 is 8.87. The van der Waals surface area contributed by atoms with Crippen molar-refractivity contribution in [2.75, 3.05) is 6.61 Å². The summed E-state index contributed by atoms with van der Waals surface area (Å²) in [5.41, 5.74) is 2.58. The lowest BCUT2D eigenvalue weighted by atomic mass is 10.2. The number of halogens is 1. The highest BCUT2D eigenvalue weighted by Crippen LogP contribution is 2.32. The lowest BCUT2D eigenvalue weighted by molar-refractivity contribution is 0.387. The SMILES string of the molecule is Brc1ccc2c(c1)c1ccccc1n2CC1CO1. The maximum atomic E-state index is 5.37. The van der Waals surface area contributed by atoms with E-state index in [0.29, 0.717) is 6.10 Å². The van der Waals surface area contributed by atoms with Gasteiger partial charge in [0.1, 0.15) is 0 Å². The number of para-hydroxylation sites is 1. The summed E-state index contributed by atoms with van der Waals surface area (Å²) in [4.78, 5) is 0. The summed E-state index contributed by atoms with van der Waals surface area (Å²) in [5, 5.41) is 2.62. The van der Waals surface area contributed by atoms with Crippen LogP contribution in [0.25, 0.3) is 21.8 Å². The first-order valence-corrected chi connectivity index (χ1v) is 6.90. The van der Waals surface area contributed by atoms with Gasteiger partial charge in [-0.2, -0.15) is 0 Å². The second-order valence-corrected chi connectivity index (χ2v) is 5.66. The molecule has 18 heavy (non-hydrogen) atoms. The van der Waals surface area contributed by atoms with Crippen molar-refractivity contribution >= 4 is 37.7 Å². The second-order valence-electron chi connectivity index (χ2n) is 4.74. The first kappa shape index (κ1) is 10.6. The van der Waals surface area contributed by atoms with Gasteiger partial charge in [0.05, 0.1) is 19.3 Å². The molecule has 0 amide bonds. The van der Waals surface area contributed by atoms with E-state index in [-0.39, 0.29) is 0 Å². The zero-order chi connectivity index (χ0) is 12.1. The molecule has 2 aromatic carbocycles. The third kappa shape index (κ3) is 1.58. The summed E-state index contributed by atoms with van der Waals surface area (Å²) in [6, 6.07) is 15.1. The van der Waals surface area contributed by atoms with E-state index in [9.17, 15) is 0 Å². The summed E-state index contributed by atoms with van der Waals surface area (Å²) in [6.07, 6.45) is 0.396. The highest BCUT2D eigenvalue weighted by Gasteiger charge is 2.24. The smallest absolute Gasteiger partial charge is 0.0988 e. The van der Waals surface area contributed by atoms with Gasteiger partial charge >= 0.3 is 0 Å². The van der Waals surface area contributed by atoms with Gasteiger partial charge in [-0.1, -0.05) is 34.1 Å². The monoisotopic (exact) mass is 301 g/mol. The van der Waals surface area contributed by atoms with Crippen LogP contribution in [0.1, 0.15) is 0 Å². The minimum absolute atomic E-state index is 0.396. The van der Waals surface area contributed by atoms with Gasteiger partial charge in [0.25, 0.3) is 0 Å². The molecule has 1 saturated heterocycles. The minimum atomic E-state index is 0.396. The van der Waals surface area contributed by atoms with Crippen molar-refractivity contribution in [2.24, 2.45) is 0 Å². The molecule has 2 heterocycles. The normalized spacial score (nSPS) is 18.6. The number of rotatable bonds is 2. The zero-order valence-electron chi connectivity index (χ0n) is 9.77. The Bertz CT molecular complexity index is 743. The number of fused-ring (bicyclic) bond motifs is 3. The number of hydrogen-bond donors (Lipinski definition) is 0. The number of hydrogen-bond acceptors (Lipinski definition) is 1. The maximum Gasteiger partial charge on any atom is 0.0988 e. The van der Waals surface area contributed by atoms with E-state index in [1.165, 1.54) is 21.8 Å². The Morgan fingerprint density at radius 3 is 2.72 bits per heavy atom. The summed E-state index contributed by atoms with van der Waals surface area (Å²) >= 11 is 3.56. The number of epoxide rings is 1. The molecule has 0 spiro atoms. The van der Waals surface area contributed by atoms with E-state index in [1.54, 1.807) is 0 Å². The Morgan fingerprint density at radius 1 is 1.11 bits per heavy atom. The molecule has 0 radical (unpaired) electrons. The van der Waals surface area contributed by atoms with Crippen LogP contribution in [0.3, 0.4) is 0 Å². The van der Waals surface area contributed by atoms with Gasteiger partial charge in [-0.25, -0.2) is 0 Å². The summed E-state index contributed by atoms with van der Waals surface area (Å²) in [6.45, 7) is 1.84. The van der Waals surface area contributed by atoms with Crippen molar-refractivity contribution in [1.82, 2.24) is 4.57 Å². The lowest BCUT2D eigenvalue weighted by Gasteiger charge is -2.04. The highest BCUT2D eigenvalue weighted by molar-refractivity contribution is 9.10. The molecular formula is C15H12BrNO. The molecule has 90 valence electrons. The van der Waals surface area contributed by atoms with Crippen LogP contribution in [0.15, 0.2) is 46.9 Å². The average molecular weight is 302 g/mol. The van der Waals surface area contributed by atoms with Gasteiger partial charge in [0.2, 0.25) is 0 Å². The van der Waals surface area contributed by atoms with Gasteiger partial charge in [0.15, 0.2) is 0 Å². The predicted octanol–water partition coefficient (Wildman–Crippen LogP) is 3.96. The molecule has 1 aliphatic rings. The van der Waals surface area contributed by atoms with E-state index in [0.717, 1.165) is 17.6 Å². The molecule has 4 rings (SSSR count). The molecule has 2 nitrogen and oxygen atoms in total. The fourth-order valence-electron chi connectivity index (χ4n) is 2.60. The zero-order valence-corrected chi connectivity index (χ0v) is 11.4. The lowest BCUT2D eigenvalue weighted by Crippen LogP contribution is -2.03. The van der Waals surface area contributed by atoms with Gasteiger partial charge < -0.3 is 9.30 Å². The largest absolute Gasteiger partial charge is 0.371 e. The predicted molar refractivity (Wildman–Crippen MR) is 76.9 cm³/mol. The van der Waals surface area contributed by atoms with Crippen molar-refractivity contribution < 1.29 is 4.74 Å². The van der Waals surface area contributed by atoms with Crippen LogP contribution in [0.2, 0.25) is 0 Å². The Hall–Kier alpha value is -1.32. The summed E-state index contributed by atoms with van der Waals surface area (Å²) in [5.74, 6) is 0. The van der Waals surface area contributed by atoms with Gasteiger partial charge in [0, 0.05) is 26.3 Å². The van der Waals surface area contributed by atoms with E-state index >= 15 is 0 Å². The van der Waals surface area contributed by atoms with Crippen molar-refractivity contribution in [3.8, 4) is 0 Å². The molecule has 0 aliphatic carbocycles. The summed E-state index contributed by atoms with van der Waals surface area (Å²) in [7, 11) is 0. The molecule has 1 atom stereocenters. The minimum Gasteiger partial charge on any atom is -0.371 e. The molecule has 1 aromatic heterocycles. The Balaban J connectivity index is 2.09. The standard InChI is InChI=1S/C15H12BrNO/c16-10-5-6-15-13(7-10)12-3-1-2-4-14(12)17(15)8-11-9-18-11/h1-7,11H,8-9H2. The number of benzene rings is 2. The van der Waals surface area contributed by atoms with Crippen LogP contribution in [-0.4, -0.2) is 17.3 Å². The highest BCUT2D eigenvalue weighted by atomic mass is 79.9. The number of aromatic nitrogens is 1. The van der Waals surface area contributed by atoms with Gasteiger partial charge in [-0.05, 0) is 24.3 Å². The molecule has 1 aliphatic heterocycles. The van der Waals surface area contributed by atoms with E-state index in [2.05, 4.69) is 63.0 Å². The third-order valence-corrected chi connectivity index (χ3v) is 4.02. The fraction of sp³-hybridized carbons (Fsp3) is 0.200. The van der Waals surface area contributed by atoms with E-state index in [1.807, 2.05) is 0 Å². The van der Waals surface area contributed by atoms with E-state index in [4.69, 9.17) is 4.74 Å². The maximum absolute atomic E-state index is 5.37. The molecule has 3 aromatic rings. The molecule has 1 fully saturated rings. The Kier molecular flexibility index (Phi) is 2.26. The van der Waals surface area contributed by atoms with Crippen LogP contribution in [-0.2, 0) is 11.3 Å². The molecule has 0 saturated carbocycles. The molecule has 0 bridgehead atoms. The van der Waals surface area contributed by atoms with Crippen LogP contribution < -0.4 is 0 Å². The Labute approximate surface area is 113 Å². The molecule has 3 heteroatoms. The number of nitrogens with zero attached hydrogens (tertiary/aromatic N) is 1. The molecule has 0 N–H and O–H groups in total. The third-order valence-electron chi connectivity index (χ3n) is 3.52. The molecule has 1 unspecified atom stereocenters. The first-order valence-electron chi connectivity index (χ1n) is 6.11. The van der Waals surface area contributed by atoms with Crippen molar-refractivity contribution in [3.05, 3.63) is 46.9 Å². The average Bonchev–Trinajstić information content (AvgIpc) is 3.15. The first-order chi connectivity index (χ1) is 8.83. The Morgan fingerprint density at radius 2 is 1.89 bits per heavy atom. The van der Waals surface area contributed by atoms with Gasteiger partial charge in [-0.15, -0.1) is 0 Å². The van der Waals surface area contributed by atoms with Crippen LogP contribution in [0, 0.1) is 0 Å².